The number of halogens is 5. The molecule has 2 N–H and O–H groups in total. The average Bonchev–Trinajstić information content (AvgIpc) is 2.18. The van der Waals surface area contributed by atoms with Crippen LogP contribution in [-0.4, -0.2) is 6.36 Å². The fourth-order valence-electron chi connectivity index (χ4n) is 1.07. The van der Waals surface area contributed by atoms with Crippen LogP contribution in [0.25, 0.3) is 0 Å². The Morgan fingerprint density at radius 2 is 1.94 bits per heavy atom. The minimum atomic E-state index is -4.91. The van der Waals surface area contributed by atoms with Crippen LogP contribution in [0.4, 0.5) is 17.6 Å². The first-order valence-electron chi connectivity index (χ1n) is 4.27. The zero-order valence-electron chi connectivity index (χ0n) is 8.50. The van der Waals surface area contributed by atoms with Crippen molar-refractivity contribution in [3.8, 4) is 5.75 Å². The van der Waals surface area contributed by atoms with E-state index in [-0.39, 0.29) is 12.4 Å². The van der Waals surface area contributed by atoms with Gasteiger partial charge >= 0.3 is 6.36 Å². The van der Waals surface area contributed by atoms with Crippen LogP contribution >= 0.6 is 12.4 Å². The van der Waals surface area contributed by atoms with Gasteiger partial charge < -0.3 is 10.5 Å². The van der Waals surface area contributed by atoms with Crippen molar-refractivity contribution in [1.29, 1.82) is 0 Å². The second-order valence-corrected chi connectivity index (χ2v) is 3.00. The summed E-state index contributed by atoms with van der Waals surface area (Å²) in [4.78, 5) is 0. The highest BCUT2D eigenvalue weighted by atomic mass is 35.5. The molecule has 0 aliphatic rings. The fraction of sp³-hybridized carbons (Fsp3) is 0.200. The molecule has 0 saturated carbocycles. The Labute approximate surface area is 101 Å². The Balaban J connectivity index is 0.00000256. The van der Waals surface area contributed by atoms with Crippen LogP contribution in [0.15, 0.2) is 30.9 Å². The molecule has 0 aliphatic carbocycles. The summed E-state index contributed by atoms with van der Waals surface area (Å²) in [5, 5.41) is 0. The third kappa shape index (κ3) is 4.62. The molecule has 1 aromatic carbocycles. The van der Waals surface area contributed by atoms with Gasteiger partial charge in [-0.15, -0.1) is 32.2 Å². The first kappa shape index (κ1) is 15.7. The standard InChI is InChI=1S/C10H9F4NO.ClH/c1-2-8(15)6-3-4-9(7(11)5-6)16-10(12,13)14;/h2-5,8H,1,15H2;1H/t8-;/m0./s1. The fourth-order valence-corrected chi connectivity index (χ4v) is 1.07. The van der Waals surface area contributed by atoms with Crippen molar-refractivity contribution < 1.29 is 22.3 Å². The molecule has 1 atom stereocenters. The maximum absolute atomic E-state index is 13.2. The van der Waals surface area contributed by atoms with Crippen LogP contribution in [-0.2, 0) is 0 Å². The molecular weight excluding hydrogens is 262 g/mol. The summed E-state index contributed by atoms with van der Waals surface area (Å²) >= 11 is 0. The summed E-state index contributed by atoms with van der Waals surface area (Å²) < 4.78 is 52.1. The molecule has 0 spiro atoms. The van der Waals surface area contributed by atoms with Gasteiger partial charge in [0.15, 0.2) is 11.6 Å². The minimum Gasteiger partial charge on any atom is -0.403 e. The Morgan fingerprint density at radius 1 is 1.35 bits per heavy atom. The van der Waals surface area contributed by atoms with E-state index in [4.69, 9.17) is 5.73 Å². The highest BCUT2D eigenvalue weighted by Crippen LogP contribution is 2.27. The van der Waals surface area contributed by atoms with Gasteiger partial charge in [-0.1, -0.05) is 12.1 Å². The van der Waals surface area contributed by atoms with Gasteiger partial charge in [-0.3, -0.25) is 0 Å². The van der Waals surface area contributed by atoms with Gasteiger partial charge in [0.1, 0.15) is 0 Å². The van der Waals surface area contributed by atoms with Crippen LogP contribution in [0.1, 0.15) is 11.6 Å². The highest BCUT2D eigenvalue weighted by molar-refractivity contribution is 5.85. The molecular formula is C10H10ClF4NO. The van der Waals surface area contributed by atoms with Crippen LogP contribution < -0.4 is 10.5 Å². The average molecular weight is 272 g/mol. The lowest BCUT2D eigenvalue weighted by Gasteiger charge is -2.12. The monoisotopic (exact) mass is 271 g/mol. The summed E-state index contributed by atoms with van der Waals surface area (Å²) in [6.07, 6.45) is -3.57. The number of ether oxygens (including phenoxy) is 1. The Morgan fingerprint density at radius 3 is 2.35 bits per heavy atom. The Bertz CT molecular complexity index is 394. The molecule has 0 aliphatic heterocycles. The van der Waals surface area contributed by atoms with Crippen molar-refractivity contribution >= 4 is 12.4 Å². The lowest BCUT2D eigenvalue weighted by molar-refractivity contribution is -0.275. The van der Waals surface area contributed by atoms with Crippen LogP contribution in [0.2, 0.25) is 0 Å². The Kier molecular flexibility index (Phi) is 5.44. The van der Waals surface area contributed by atoms with Crippen molar-refractivity contribution in [2.45, 2.75) is 12.4 Å². The molecule has 0 fully saturated rings. The van der Waals surface area contributed by atoms with Gasteiger partial charge in [-0.05, 0) is 17.7 Å². The third-order valence-electron chi connectivity index (χ3n) is 1.82. The van der Waals surface area contributed by atoms with Crippen molar-refractivity contribution in [2.75, 3.05) is 0 Å². The molecule has 2 nitrogen and oxygen atoms in total. The molecule has 1 aromatic rings. The van der Waals surface area contributed by atoms with Crippen molar-refractivity contribution in [3.63, 3.8) is 0 Å². The zero-order chi connectivity index (χ0) is 12.3. The van der Waals surface area contributed by atoms with E-state index in [2.05, 4.69) is 11.3 Å². The van der Waals surface area contributed by atoms with Crippen LogP contribution in [0.3, 0.4) is 0 Å². The predicted molar refractivity (Wildman–Crippen MR) is 57.5 cm³/mol. The summed E-state index contributed by atoms with van der Waals surface area (Å²) in [6.45, 7) is 3.39. The van der Waals surface area contributed by atoms with E-state index in [1.54, 1.807) is 0 Å². The second-order valence-electron chi connectivity index (χ2n) is 3.00. The number of nitrogens with two attached hydrogens (primary N) is 1. The summed E-state index contributed by atoms with van der Waals surface area (Å²) in [5.74, 6) is -2.00. The lowest BCUT2D eigenvalue weighted by Crippen LogP contribution is -2.18. The molecule has 0 heterocycles. The number of benzene rings is 1. The van der Waals surface area contributed by atoms with E-state index in [9.17, 15) is 17.6 Å². The van der Waals surface area contributed by atoms with Gasteiger partial charge in [-0.2, -0.15) is 0 Å². The molecule has 0 bridgehead atoms. The smallest absolute Gasteiger partial charge is 0.403 e. The maximum atomic E-state index is 13.2. The van der Waals surface area contributed by atoms with Gasteiger partial charge in [-0.25, -0.2) is 4.39 Å². The maximum Gasteiger partial charge on any atom is 0.573 e. The molecule has 0 amide bonds. The second kappa shape index (κ2) is 5.88. The van der Waals surface area contributed by atoms with Crippen molar-refractivity contribution in [2.24, 2.45) is 5.73 Å². The number of rotatable bonds is 3. The highest BCUT2D eigenvalue weighted by Gasteiger charge is 2.32. The van der Waals surface area contributed by atoms with E-state index in [0.717, 1.165) is 12.1 Å². The summed E-state index contributed by atoms with van der Waals surface area (Å²) in [6, 6.07) is 2.38. The van der Waals surface area contributed by atoms with Gasteiger partial charge in [0.05, 0.1) is 0 Å². The lowest BCUT2D eigenvalue weighted by atomic mass is 10.1. The third-order valence-corrected chi connectivity index (χ3v) is 1.82. The van der Waals surface area contributed by atoms with Crippen molar-refractivity contribution in [3.05, 3.63) is 42.2 Å². The molecule has 0 saturated heterocycles. The Hall–Kier alpha value is -1.27. The van der Waals surface area contributed by atoms with Gasteiger partial charge in [0, 0.05) is 6.04 Å². The van der Waals surface area contributed by atoms with E-state index >= 15 is 0 Å². The van der Waals surface area contributed by atoms with E-state index in [1.165, 1.54) is 12.1 Å². The topological polar surface area (TPSA) is 35.2 Å². The molecule has 96 valence electrons. The zero-order valence-corrected chi connectivity index (χ0v) is 9.32. The van der Waals surface area contributed by atoms with Gasteiger partial charge in [0.25, 0.3) is 0 Å². The minimum absolute atomic E-state index is 0. The molecule has 17 heavy (non-hydrogen) atoms. The molecule has 1 rings (SSSR count). The first-order valence-corrected chi connectivity index (χ1v) is 4.27. The van der Waals surface area contributed by atoms with E-state index in [1.807, 2.05) is 0 Å². The predicted octanol–water partition coefficient (Wildman–Crippen LogP) is 3.33. The quantitative estimate of drug-likeness (QED) is 0.676. The molecule has 7 heteroatoms. The first-order chi connectivity index (χ1) is 7.33. The van der Waals surface area contributed by atoms with Gasteiger partial charge in [0.2, 0.25) is 0 Å². The molecule has 0 unspecified atom stereocenters. The van der Waals surface area contributed by atoms with Crippen molar-refractivity contribution in [1.82, 2.24) is 0 Å². The van der Waals surface area contributed by atoms with E-state index < -0.39 is 24.0 Å². The number of hydrogen-bond acceptors (Lipinski definition) is 2. The SMILES string of the molecule is C=C[C@H](N)c1ccc(OC(F)(F)F)c(F)c1.Cl. The number of alkyl halides is 3. The summed E-state index contributed by atoms with van der Waals surface area (Å²) in [7, 11) is 0. The van der Waals surface area contributed by atoms with E-state index in [0.29, 0.717) is 5.56 Å². The number of hydrogen-bond donors (Lipinski definition) is 1. The van der Waals surface area contributed by atoms with Crippen LogP contribution in [0.5, 0.6) is 5.75 Å². The normalized spacial score (nSPS) is 12.5. The summed E-state index contributed by atoms with van der Waals surface area (Å²) in [5.41, 5.74) is 5.81. The van der Waals surface area contributed by atoms with Crippen LogP contribution in [0, 0.1) is 5.82 Å². The molecule has 0 radical (unpaired) electrons. The largest absolute Gasteiger partial charge is 0.573 e. The molecule has 0 aromatic heterocycles.